The van der Waals surface area contributed by atoms with Crippen LogP contribution in [0.3, 0.4) is 0 Å². The maximum Gasteiger partial charge on any atom is 0.0931 e. The molecule has 2 aromatic rings. The highest BCUT2D eigenvalue weighted by molar-refractivity contribution is 7.16. The van der Waals surface area contributed by atoms with E-state index in [1.165, 1.54) is 10.4 Å². The maximum absolute atomic E-state index is 5.91. The van der Waals surface area contributed by atoms with Crippen LogP contribution in [-0.2, 0) is 6.42 Å². The number of halogens is 2. The van der Waals surface area contributed by atoms with E-state index < -0.39 is 0 Å². The highest BCUT2D eigenvalue weighted by Gasteiger charge is 2.07. The van der Waals surface area contributed by atoms with Crippen LogP contribution in [0.1, 0.15) is 23.4 Å². The van der Waals surface area contributed by atoms with Crippen molar-refractivity contribution < 1.29 is 0 Å². The molecular weight excluding hydrogens is 293 g/mol. The van der Waals surface area contributed by atoms with Crippen molar-refractivity contribution in [2.75, 3.05) is 6.54 Å². The van der Waals surface area contributed by atoms with Gasteiger partial charge in [-0.05, 0) is 42.5 Å². The lowest BCUT2D eigenvalue weighted by Crippen LogP contribution is -2.20. The maximum atomic E-state index is 5.91. The summed E-state index contributed by atoms with van der Waals surface area (Å²) < 4.78 is 1.70. The largest absolute Gasteiger partial charge is 0.310 e. The van der Waals surface area contributed by atoms with Crippen LogP contribution in [0.4, 0.5) is 0 Å². The third-order valence-corrected chi connectivity index (χ3v) is 4.94. The highest BCUT2D eigenvalue weighted by atomic mass is 35.5. The van der Waals surface area contributed by atoms with Crippen LogP contribution < -0.4 is 5.32 Å². The van der Waals surface area contributed by atoms with E-state index >= 15 is 0 Å². The van der Waals surface area contributed by atoms with Crippen molar-refractivity contribution in [3.05, 3.63) is 42.7 Å². The second-order valence-corrected chi connectivity index (χ2v) is 7.16. The Balaban J connectivity index is 1.78. The molecule has 0 saturated heterocycles. The lowest BCUT2D eigenvalue weighted by atomic mass is 10.2. The van der Waals surface area contributed by atoms with E-state index in [4.69, 9.17) is 23.2 Å². The van der Waals surface area contributed by atoms with Crippen molar-refractivity contribution in [3.8, 4) is 0 Å². The Morgan fingerprint density at radius 3 is 2.71 bits per heavy atom. The molecule has 0 spiro atoms. The molecule has 0 aliphatic rings. The monoisotopic (exact) mass is 305 g/mol. The number of thiophene rings is 2. The molecule has 1 N–H and O–H groups in total. The smallest absolute Gasteiger partial charge is 0.0931 e. The lowest BCUT2D eigenvalue weighted by Gasteiger charge is -2.11. The molecule has 0 aliphatic carbocycles. The Labute approximate surface area is 119 Å². The first kappa shape index (κ1) is 13.4. The minimum absolute atomic E-state index is 0.342. The zero-order valence-electron chi connectivity index (χ0n) is 9.37. The van der Waals surface area contributed by atoms with Crippen LogP contribution >= 0.6 is 45.9 Å². The van der Waals surface area contributed by atoms with Crippen molar-refractivity contribution in [1.82, 2.24) is 5.32 Å². The third kappa shape index (κ3) is 3.97. The molecule has 92 valence electrons. The molecule has 0 fully saturated rings. The zero-order chi connectivity index (χ0) is 12.3. The molecule has 2 heterocycles. The van der Waals surface area contributed by atoms with Gasteiger partial charge in [-0.3, -0.25) is 0 Å². The second-order valence-electron chi connectivity index (χ2n) is 3.82. The second kappa shape index (κ2) is 6.21. The van der Waals surface area contributed by atoms with E-state index in [0.29, 0.717) is 6.04 Å². The predicted octanol–water partition coefficient (Wildman–Crippen LogP) is 5.01. The van der Waals surface area contributed by atoms with Gasteiger partial charge in [-0.25, -0.2) is 0 Å². The molecule has 17 heavy (non-hydrogen) atoms. The Morgan fingerprint density at radius 1 is 1.29 bits per heavy atom. The summed E-state index contributed by atoms with van der Waals surface area (Å²) in [5.41, 5.74) is 1.25. The van der Waals surface area contributed by atoms with Crippen LogP contribution in [0.2, 0.25) is 8.67 Å². The quantitative estimate of drug-likeness (QED) is 0.819. The van der Waals surface area contributed by atoms with Crippen molar-refractivity contribution in [2.45, 2.75) is 19.4 Å². The fourth-order valence-corrected chi connectivity index (χ4v) is 3.64. The first-order valence-electron chi connectivity index (χ1n) is 5.36. The van der Waals surface area contributed by atoms with Gasteiger partial charge in [-0.1, -0.05) is 23.2 Å². The molecule has 0 aromatic carbocycles. The summed E-state index contributed by atoms with van der Waals surface area (Å²) in [7, 11) is 0. The molecule has 2 rings (SSSR count). The fraction of sp³-hybridized carbons (Fsp3) is 0.333. The number of hydrogen-bond donors (Lipinski definition) is 1. The summed E-state index contributed by atoms with van der Waals surface area (Å²) in [6.07, 6.45) is 1.01. The molecule has 1 unspecified atom stereocenters. The summed E-state index contributed by atoms with van der Waals surface area (Å²) in [6.45, 7) is 3.10. The van der Waals surface area contributed by atoms with Crippen molar-refractivity contribution in [3.63, 3.8) is 0 Å². The lowest BCUT2D eigenvalue weighted by molar-refractivity contribution is 0.580. The van der Waals surface area contributed by atoms with Gasteiger partial charge >= 0.3 is 0 Å². The molecule has 2 aromatic heterocycles. The number of hydrogen-bond acceptors (Lipinski definition) is 3. The standard InChI is InChI=1S/C12H13Cl2NS2/c1-8(9-6-12(14)16-7-9)15-5-4-10-2-3-11(13)17-10/h2-3,6-8,15H,4-5H2,1H3. The Kier molecular flexibility index (Phi) is 4.88. The topological polar surface area (TPSA) is 12.0 Å². The van der Waals surface area contributed by atoms with Crippen LogP contribution in [-0.4, -0.2) is 6.54 Å². The van der Waals surface area contributed by atoms with Crippen molar-refractivity contribution >= 4 is 45.9 Å². The minimum atomic E-state index is 0.342. The van der Waals surface area contributed by atoms with Gasteiger partial charge in [0.1, 0.15) is 0 Å². The molecule has 0 radical (unpaired) electrons. The van der Waals surface area contributed by atoms with Crippen LogP contribution in [0.5, 0.6) is 0 Å². The molecule has 5 heteroatoms. The fourth-order valence-electron chi connectivity index (χ4n) is 1.57. The van der Waals surface area contributed by atoms with E-state index in [0.717, 1.165) is 21.6 Å². The van der Waals surface area contributed by atoms with E-state index in [9.17, 15) is 0 Å². The predicted molar refractivity (Wildman–Crippen MR) is 78.8 cm³/mol. The van der Waals surface area contributed by atoms with Gasteiger partial charge < -0.3 is 5.32 Å². The summed E-state index contributed by atoms with van der Waals surface area (Å²) in [4.78, 5) is 1.32. The van der Waals surface area contributed by atoms with Gasteiger partial charge in [0.05, 0.1) is 8.67 Å². The van der Waals surface area contributed by atoms with Gasteiger partial charge in [0, 0.05) is 17.5 Å². The Morgan fingerprint density at radius 2 is 2.12 bits per heavy atom. The molecular formula is C12H13Cl2NS2. The average Bonchev–Trinajstić information content (AvgIpc) is 2.88. The average molecular weight is 306 g/mol. The van der Waals surface area contributed by atoms with Crippen molar-refractivity contribution in [2.24, 2.45) is 0 Å². The van der Waals surface area contributed by atoms with E-state index in [2.05, 4.69) is 23.7 Å². The first-order chi connectivity index (χ1) is 8.15. The summed E-state index contributed by atoms with van der Waals surface area (Å²) in [5, 5.41) is 5.58. The van der Waals surface area contributed by atoms with Crippen LogP contribution in [0, 0.1) is 0 Å². The normalized spacial score (nSPS) is 12.9. The summed E-state index contributed by atoms with van der Waals surface area (Å²) in [6, 6.07) is 6.39. The molecule has 0 bridgehead atoms. The van der Waals surface area contributed by atoms with Gasteiger partial charge in [-0.15, -0.1) is 22.7 Å². The molecule has 0 amide bonds. The molecule has 0 saturated carbocycles. The molecule has 1 atom stereocenters. The summed E-state index contributed by atoms with van der Waals surface area (Å²) in [5.74, 6) is 0. The van der Waals surface area contributed by atoms with Gasteiger partial charge in [0.15, 0.2) is 0 Å². The third-order valence-electron chi connectivity index (χ3n) is 2.54. The van der Waals surface area contributed by atoms with Gasteiger partial charge in [0.25, 0.3) is 0 Å². The number of nitrogens with one attached hydrogen (secondary N) is 1. The summed E-state index contributed by atoms with van der Waals surface area (Å²) >= 11 is 15.0. The van der Waals surface area contributed by atoms with E-state index in [-0.39, 0.29) is 0 Å². The molecule has 1 nitrogen and oxygen atoms in total. The zero-order valence-corrected chi connectivity index (χ0v) is 12.5. The van der Waals surface area contributed by atoms with Crippen molar-refractivity contribution in [1.29, 1.82) is 0 Å². The first-order valence-corrected chi connectivity index (χ1v) is 7.82. The van der Waals surface area contributed by atoms with Gasteiger partial charge in [0.2, 0.25) is 0 Å². The Hall–Kier alpha value is -0.0600. The highest BCUT2D eigenvalue weighted by Crippen LogP contribution is 2.25. The Bertz CT molecular complexity index is 478. The SMILES string of the molecule is CC(NCCc1ccc(Cl)s1)c1csc(Cl)c1. The van der Waals surface area contributed by atoms with Crippen LogP contribution in [0.15, 0.2) is 23.6 Å². The number of rotatable bonds is 5. The van der Waals surface area contributed by atoms with Gasteiger partial charge in [-0.2, -0.15) is 0 Å². The van der Waals surface area contributed by atoms with E-state index in [1.54, 1.807) is 22.7 Å². The van der Waals surface area contributed by atoms with E-state index in [1.807, 2.05) is 12.1 Å². The minimum Gasteiger partial charge on any atom is -0.310 e. The van der Waals surface area contributed by atoms with Crippen LogP contribution in [0.25, 0.3) is 0 Å². The molecule has 0 aliphatic heterocycles.